The van der Waals surface area contributed by atoms with Gasteiger partial charge in [-0.2, -0.15) is 5.10 Å². The smallest absolute Gasteiger partial charge is 0.140 e. The third kappa shape index (κ3) is 4.53. The maximum absolute atomic E-state index is 5.84. The Labute approximate surface area is 136 Å². The molecule has 1 aromatic carbocycles. The molecule has 0 fully saturated rings. The molecule has 3 nitrogen and oxygen atoms in total. The zero-order valence-corrected chi connectivity index (χ0v) is 15.8. The number of ether oxygens (including phenoxy) is 1. The Morgan fingerprint density at radius 3 is 2.48 bits per heavy atom. The van der Waals surface area contributed by atoms with Crippen LogP contribution in [0.1, 0.15) is 5.56 Å². The largest absolute Gasteiger partial charge is 0.360 e. The Morgan fingerprint density at radius 2 is 1.86 bits per heavy atom. The second kappa shape index (κ2) is 6.90. The Balaban J connectivity index is 2.12. The van der Waals surface area contributed by atoms with Crippen LogP contribution in [0.5, 0.6) is 0 Å². The quantitative estimate of drug-likeness (QED) is 0.535. The minimum atomic E-state index is -1.04. The van der Waals surface area contributed by atoms with Crippen LogP contribution in [0.2, 0.25) is 25.7 Å². The van der Waals surface area contributed by atoms with Crippen molar-refractivity contribution in [2.75, 3.05) is 6.61 Å². The molecule has 0 aliphatic rings. The van der Waals surface area contributed by atoms with Crippen LogP contribution in [0.4, 0.5) is 0 Å². The van der Waals surface area contributed by atoms with E-state index in [0.717, 1.165) is 22.5 Å². The molecule has 21 heavy (non-hydrogen) atoms. The molecular weight excluding hydrogens is 344 g/mol. The highest BCUT2D eigenvalue weighted by Crippen LogP contribution is 2.28. The summed E-state index contributed by atoms with van der Waals surface area (Å²) < 4.78 is 8.67. The molecule has 2 aromatic rings. The molecule has 0 aliphatic carbocycles. The number of aromatic nitrogens is 2. The van der Waals surface area contributed by atoms with Crippen molar-refractivity contribution >= 4 is 24.0 Å². The molecule has 0 spiro atoms. The lowest BCUT2D eigenvalue weighted by molar-refractivity contribution is 0.0795. The van der Waals surface area contributed by atoms with Crippen molar-refractivity contribution in [3.05, 3.63) is 40.5 Å². The molecule has 2 rings (SSSR count). The third-order valence-electron chi connectivity index (χ3n) is 3.39. The SMILES string of the molecule is Cc1c(Br)nn(COCC[Si](C)(C)C)c1-c1ccccc1. The zero-order valence-electron chi connectivity index (χ0n) is 13.2. The van der Waals surface area contributed by atoms with Gasteiger partial charge in [-0.05, 0) is 28.9 Å². The van der Waals surface area contributed by atoms with Gasteiger partial charge in [-0.25, -0.2) is 4.68 Å². The molecule has 1 heterocycles. The monoisotopic (exact) mass is 366 g/mol. The van der Waals surface area contributed by atoms with Crippen LogP contribution >= 0.6 is 15.9 Å². The van der Waals surface area contributed by atoms with Crippen LogP contribution in [-0.2, 0) is 11.5 Å². The summed E-state index contributed by atoms with van der Waals surface area (Å²) >= 11 is 3.52. The molecule has 0 bridgehead atoms. The average Bonchev–Trinajstić information content (AvgIpc) is 2.70. The Hall–Kier alpha value is -0.913. The second-order valence-electron chi connectivity index (χ2n) is 6.48. The van der Waals surface area contributed by atoms with Gasteiger partial charge in [0.2, 0.25) is 0 Å². The summed E-state index contributed by atoms with van der Waals surface area (Å²) in [5.74, 6) is 0. The Bertz CT molecular complexity index is 590. The van der Waals surface area contributed by atoms with Gasteiger partial charge >= 0.3 is 0 Å². The summed E-state index contributed by atoms with van der Waals surface area (Å²) in [5, 5.41) is 4.54. The molecule has 0 atom stereocenters. The van der Waals surface area contributed by atoms with Gasteiger partial charge in [0.15, 0.2) is 0 Å². The predicted molar refractivity (Wildman–Crippen MR) is 94.2 cm³/mol. The minimum Gasteiger partial charge on any atom is -0.360 e. The standard InChI is InChI=1S/C16H23BrN2OSi/c1-13-15(14-8-6-5-7-9-14)19(18-16(13)17)12-20-10-11-21(2,3)4/h5-9H,10-12H2,1-4H3. The first-order valence-corrected chi connectivity index (χ1v) is 11.7. The summed E-state index contributed by atoms with van der Waals surface area (Å²) in [6.07, 6.45) is 0. The highest BCUT2D eigenvalue weighted by molar-refractivity contribution is 9.10. The van der Waals surface area contributed by atoms with Crippen molar-refractivity contribution in [2.45, 2.75) is 39.3 Å². The van der Waals surface area contributed by atoms with Crippen LogP contribution in [0.3, 0.4) is 0 Å². The first-order chi connectivity index (χ1) is 9.88. The van der Waals surface area contributed by atoms with Crippen molar-refractivity contribution in [3.8, 4) is 11.3 Å². The molecule has 0 saturated carbocycles. The summed E-state index contributed by atoms with van der Waals surface area (Å²) in [6, 6.07) is 11.5. The number of hydrogen-bond donors (Lipinski definition) is 0. The Morgan fingerprint density at radius 1 is 1.19 bits per heavy atom. The van der Waals surface area contributed by atoms with Gasteiger partial charge in [0.05, 0.1) is 5.69 Å². The van der Waals surface area contributed by atoms with Gasteiger partial charge in [-0.3, -0.25) is 0 Å². The number of hydrogen-bond acceptors (Lipinski definition) is 2. The van der Waals surface area contributed by atoms with Crippen LogP contribution < -0.4 is 0 Å². The van der Waals surface area contributed by atoms with Gasteiger partial charge < -0.3 is 4.74 Å². The van der Waals surface area contributed by atoms with Crippen molar-refractivity contribution in [1.29, 1.82) is 0 Å². The van der Waals surface area contributed by atoms with E-state index in [9.17, 15) is 0 Å². The fourth-order valence-corrected chi connectivity index (χ4v) is 3.24. The molecule has 1 aromatic heterocycles. The van der Waals surface area contributed by atoms with Crippen LogP contribution in [0.15, 0.2) is 34.9 Å². The fraction of sp³-hybridized carbons (Fsp3) is 0.438. The summed E-state index contributed by atoms with van der Waals surface area (Å²) in [4.78, 5) is 0. The van der Waals surface area contributed by atoms with Gasteiger partial charge in [-0.15, -0.1) is 0 Å². The first-order valence-electron chi connectivity index (χ1n) is 7.24. The lowest BCUT2D eigenvalue weighted by atomic mass is 10.1. The lowest BCUT2D eigenvalue weighted by Gasteiger charge is -2.16. The van der Waals surface area contributed by atoms with Gasteiger partial charge in [-0.1, -0.05) is 50.0 Å². The maximum atomic E-state index is 5.84. The van der Waals surface area contributed by atoms with E-state index in [0.29, 0.717) is 6.73 Å². The Kier molecular flexibility index (Phi) is 5.41. The number of benzene rings is 1. The third-order valence-corrected chi connectivity index (χ3v) is 5.85. The van der Waals surface area contributed by atoms with E-state index < -0.39 is 8.07 Å². The van der Waals surface area contributed by atoms with Crippen LogP contribution in [0, 0.1) is 6.92 Å². The van der Waals surface area contributed by atoms with Crippen molar-refractivity contribution < 1.29 is 4.74 Å². The summed E-state index contributed by atoms with van der Waals surface area (Å²) in [5.41, 5.74) is 3.44. The molecule has 0 unspecified atom stereocenters. The normalized spacial score (nSPS) is 11.9. The number of halogens is 1. The van der Waals surface area contributed by atoms with E-state index in [-0.39, 0.29) is 0 Å². The summed E-state index contributed by atoms with van der Waals surface area (Å²) in [6.45, 7) is 10.5. The van der Waals surface area contributed by atoms with Crippen molar-refractivity contribution in [1.82, 2.24) is 9.78 Å². The molecule has 0 saturated heterocycles. The van der Waals surface area contributed by atoms with E-state index in [1.807, 2.05) is 22.9 Å². The number of nitrogens with zero attached hydrogens (tertiary/aromatic N) is 2. The minimum absolute atomic E-state index is 0.501. The molecular formula is C16H23BrN2OSi. The van der Waals surface area contributed by atoms with Gasteiger partial charge in [0.25, 0.3) is 0 Å². The molecule has 5 heteroatoms. The van der Waals surface area contributed by atoms with E-state index in [2.05, 4.69) is 59.7 Å². The molecule has 0 radical (unpaired) electrons. The highest BCUT2D eigenvalue weighted by atomic mass is 79.9. The van der Waals surface area contributed by atoms with Crippen LogP contribution in [-0.4, -0.2) is 24.5 Å². The highest BCUT2D eigenvalue weighted by Gasteiger charge is 2.15. The van der Waals surface area contributed by atoms with E-state index in [1.54, 1.807) is 0 Å². The maximum Gasteiger partial charge on any atom is 0.140 e. The van der Waals surface area contributed by atoms with E-state index >= 15 is 0 Å². The van der Waals surface area contributed by atoms with Gasteiger partial charge in [0.1, 0.15) is 11.3 Å². The first kappa shape index (κ1) is 16.5. The summed E-state index contributed by atoms with van der Waals surface area (Å²) in [7, 11) is -1.04. The second-order valence-corrected chi connectivity index (χ2v) is 12.9. The zero-order chi connectivity index (χ0) is 15.5. The molecule has 0 N–H and O–H groups in total. The molecule has 114 valence electrons. The average molecular weight is 367 g/mol. The van der Waals surface area contributed by atoms with E-state index in [4.69, 9.17) is 4.74 Å². The van der Waals surface area contributed by atoms with Crippen molar-refractivity contribution in [2.24, 2.45) is 0 Å². The van der Waals surface area contributed by atoms with E-state index in [1.165, 1.54) is 11.6 Å². The fourth-order valence-electron chi connectivity index (χ4n) is 2.11. The van der Waals surface area contributed by atoms with Crippen molar-refractivity contribution in [3.63, 3.8) is 0 Å². The molecule has 0 aliphatic heterocycles. The lowest BCUT2D eigenvalue weighted by Crippen LogP contribution is -2.22. The number of rotatable bonds is 6. The topological polar surface area (TPSA) is 27.1 Å². The molecule has 0 amide bonds. The predicted octanol–water partition coefficient (Wildman–Crippen LogP) is 4.93. The van der Waals surface area contributed by atoms with Crippen LogP contribution in [0.25, 0.3) is 11.3 Å². The van der Waals surface area contributed by atoms with Gasteiger partial charge in [0, 0.05) is 25.8 Å².